The van der Waals surface area contributed by atoms with Crippen molar-refractivity contribution in [1.82, 2.24) is 5.32 Å². The van der Waals surface area contributed by atoms with Gasteiger partial charge in [-0.1, -0.05) is 32.6 Å². The molecule has 0 aromatic heterocycles. The zero-order chi connectivity index (χ0) is 12.1. The third-order valence-corrected chi connectivity index (χ3v) is 5.94. The van der Waals surface area contributed by atoms with Crippen LogP contribution < -0.4 is 5.32 Å². The lowest BCUT2D eigenvalue weighted by Crippen LogP contribution is -2.46. The maximum atomic E-state index is 4.01. The first-order chi connectivity index (χ1) is 8.33. The second kappa shape index (κ2) is 7.04. The lowest BCUT2D eigenvalue weighted by Gasteiger charge is -2.37. The molecule has 2 heteroatoms. The molecule has 100 valence electrons. The molecule has 1 N–H and O–H groups in total. The van der Waals surface area contributed by atoms with Crippen LogP contribution in [0.5, 0.6) is 0 Å². The van der Waals surface area contributed by atoms with Crippen molar-refractivity contribution in [2.24, 2.45) is 5.92 Å². The normalized spacial score (nSPS) is 39.2. The van der Waals surface area contributed by atoms with E-state index in [2.05, 4.69) is 30.3 Å². The van der Waals surface area contributed by atoms with Crippen molar-refractivity contribution in [2.45, 2.75) is 82.0 Å². The summed E-state index contributed by atoms with van der Waals surface area (Å²) in [7, 11) is 0. The van der Waals surface area contributed by atoms with E-state index in [1.807, 2.05) is 0 Å². The molecule has 2 rings (SSSR count). The summed E-state index contributed by atoms with van der Waals surface area (Å²) in [6, 6.07) is 1.65. The first-order valence-electron chi connectivity index (χ1n) is 7.62. The van der Waals surface area contributed by atoms with Crippen molar-refractivity contribution in [3.05, 3.63) is 0 Å². The minimum absolute atomic E-state index is 0.818. The number of rotatable bonds is 4. The Balaban J connectivity index is 1.81. The van der Waals surface area contributed by atoms with Gasteiger partial charge < -0.3 is 5.32 Å². The Labute approximate surface area is 112 Å². The Hall–Kier alpha value is 0.310. The third-order valence-electron chi connectivity index (χ3n) is 4.84. The summed E-state index contributed by atoms with van der Waals surface area (Å²) in [5.74, 6) is 0.957. The van der Waals surface area contributed by atoms with Crippen molar-refractivity contribution in [3.63, 3.8) is 0 Å². The number of hydrogen-bond donors (Lipinski definition) is 1. The van der Waals surface area contributed by atoms with Crippen LogP contribution in [0.1, 0.15) is 64.7 Å². The Morgan fingerprint density at radius 3 is 2.65 bits per heavy atom. The van der Waals surface area contributed by atoms with Gasteiger partial charge >= 0.3 is 0 Å². The van der Waals surface area contributed by atoms with Crippen LogP contribution in [0.3, 0.4) is 0 Å². The van der Waals surface area contributed by atoms with E-state index in [4.69, 9.17) is 0 Å². The molecule has 0 aliphatic heterocycles. The van der Waals surface area contributed by atoms with E-state index in [0.29, 0.717) is 0 Å². The van der Waals surface area contributed by atoms with Crippen molar-refractivity contribution < 1.29 is 0 Å². The van der Waals surface area contributed by atoms with Crippen LogP contribution in [0, 0.1) is 5.92 Å². The first-order valence-corrected chi connectivity index (χ1v) is 8.91. The van der Waals surface area contributed by atoms with Crippen molar-refractivity contribution in [1.29, 1.82) is 0 Å². The molecular weight excluding hydrogens is 226 g/mol. The third kappa shape index (κ3) is 3.89. The molecule has 2 aliphatic carbocycles. The topological polar surface area (TPSA) is 12.0 Å². The zero-order valence-electron chi connectivity index (χ0n) is 11.6. The van der Waals surface area contributed by atoms with Gasteiger partial charge in [-0.25, -0.2) is 0 Å². The molecule has 0 aromatic carbocycles. The number of nitrogens with one attached hydrogen (secondary N) is 1. The van der Waals surface area contributed by atoms with Gasteiger partial charge in [-0.2, -0.15) is 11.8 Å². The fourth-order valence-electron chi connectivity index (χ4n) is 3.73. The highest BCUT2D eigenvalue weighted by Crippen LogP contribution is 2.31. The summed E-state index contributed by atoms with van der Waals surface area (Å²) in [5, 5.41) is 4.93. The maximum absolute atomic E-state index is 4.01. The van der Waals surface area contributed by atoms with E-state index in [-0.39, 0.29) is 0 Å². The monoisotopic (exact) mass is 255 g/mol. The van der Waals surface area contributed by atoms with Crippen molar-refractivity contribution in [3.8, 4) is 0 Å². The van der Waals surface area contributed by atoms with Gasteiger partial charge in [0, 0.05) is 17.3 Å². The summed E-state index contributed by atoms with van der Waals surface area (Å²) >= 11 is 2.08. The Kier molecular flexibility index (Phi) is 5.68. The van der Waals surface area contributed by atoms with Crippen LogP contribution >= 0.6 is 11.8 Å². The summed E-state index contributed by atoms with van der Waals surface area (Å²) in [6.45, 7) is 2.37. The molecule has 2 saturated carbocycles. The van der Waals surface area contributed by atoms with E-state index >= 15 is 0 Å². The van der Waals surface area contributed by atoms with Gasteiger partial charge in [0.1, 0.15) is 0 Å². The largest absolute Gasteiger partial charge is 0.311 e. The molecule has 0 radical (unpaired) electrons. The van der Waals surface area contributed by atoms with Crippen molar-refractivity contribution >= 4 is 11.8 Å². The second-order valence-electron chi connectivity index (χ2n) is 5.95. The van der Waals surface area contributed by atoms with E-state index in [0.717, 1.165) is 23.3 Å². The van der Waals surface area contributed by atoms with E-state index in [1.165, 1.54) is 57.8 Å². The van der Waals surface area contributed by atoms with Crippen LogP contribution in [-0.2, 0) is 0 Å². The molecule has 1 nitrogen and oxygen atoms in total. The van der Waals surface area contributed by atoms with Gasteiger partial charge in [0.2, 0.25) is 0 Å². The Morgan fingerprint density at radius 2 is 1.88 bits per heavy atom. The molecule has 4 unspecified atom stereocenters. The predicted molar refractivity (Wildman–Crippen MR) is 78.7 cm³/mol. The lowest BCUT2D eigenvalue weighted by atomic mass is 9.81. The minimum Gasteiger partial charge on any atom is -0.311 e. The molecule has 0 heterocycles. The summed E-state index contributed by atoms with van der Waals surface area (Å²) in [4.78, 5) is 0. The fourth-order valence-corrected chi connectivity index (χ4v) is 4.56. The van der Waals surface area contributed by atoms with E-state index in [9.17, 15) is 0 Å². The average molecular weight is 255 g/mol. The second-order valence-corrected chi connectivity index (χ2v) is 7.09. The molecule has 0 bridgehead atoms. The van der Waals surface area contributed by atoms with Gasteiger partial charge in [-0.05, 0) is 44.3 Å². The Morgan fingerprint density at radius 1 is 1.06 bits per heavy atom. The molecular formula is C15H29NS. The summed E-state index contributed by atoms with van der Waals surface area (Å²) in [5.41, 5.74) is 0. The van der Waals surface area contributed by atoms with Gasteiger partial charge in [0.05, 0.1) is 0 Å². The van der Waals surface area contributed by atoms with Crippen LogP contribution in [0.2, 0.25) is 0 Å². The molecule has 0 amide bonds. The smallest absolute Gasteiger partial charge is 0.00978 e. The molecule has 2 aliphatic rings. The van der Waals surface area contributed by atoms with Crippen LogP contribution in [-0.4, -0.2) is 23.6 Å². The first kappa shape index (κ1) is 13.7. The lowest BCUT2D eigenvalue weighted by molar-refractivity contribution is 0.219. The number of thioether (sulfide) groups is 1. The molecule has 4 atom stereocenters. The summed E-state index contributed by atoms with van der Waals surface area (Å²) < 4.78 is 0. The summed E-state index contributed by atoms with van der Waals surface area (Å²) in [6.07, 6.45) is 15.2. The molecule has 0 aromatic rings. The van der Waals surface area contributed by atoms with Gasteiger partial charge in [-0.15, -0.1) is 0 Å². The van der Waals surface area contributed by atoms with Crippen LogP contribution in [0.25, 0.3) is 0 Å². The zero-order valence-corrected chi connectivity index (χ0v) is 12.4. The van der Waals surface area contributed by atoms with E-state index in [1.54, 1.807) is 0 Å². The maximum Gasteiger partial charge on any atom is 0.00978 e. The van der Waals surface area contributed by atoms with Gasteiger partial charge in [0.15, 0.2) is 0 Å². The number of hydrogen-bond acceptors (Lipinski definition) is 2. The highest BCUT2D eigenvalue weighted by Gasteiger charge is 2.28. The Bertz CT molecular complexity index is 219. The van der Waals surface area contributed by atoms with E-state index < -0.39 is 0 Å². The molecule has 0 saturated heterocycles. The van der Waals surface area contributed by atoms with Gasteiger partial charge in [-0.3, -0.25) is 0 Å². The SMILES string of the molecule is CCC1CCCCC1NC1CCCC(SC)C1. The molecule has 0 spiro atoms. The predicted octanol–water partition coefficient (Wildman–Crippen LogP) is 4.22. The highest BCUT2D eigenvalue weighted by molar-refractivity contribution is 7.99. The average Bonchev–Trinajstić information content (AvgIpc) is 2.39. The fraction of sp³-hybridized carbons (Fsp3) is 1.00. The molecule has 2 fully saturated rings. The van der Waals surface area contributed by atoms with Crippen LogP contribution in [0.15, 0.2) is 0 Å². The standard InChI is InChI=1S/C15H29NS/c1-3-12-7-4-5-10-15(12)16-13-8-6-9-14(11-13)17-2/h12-16H,3-11H2,1-2H3. The molecule has 17 heavy (non-hydrogen) atoms. The quantitative estimate of drug-likeness (QED) is 0.807. The minimum atomic E-state index is 0.818. The van der Waals surface area contributed by atoms with Crippen LogP contribution in [0.4, 0.5) is 0 Å². The highest BCUT2D eigenvalue weighted by atomic mass is 32.2. The van der Waals surface area contributed by atoms with Crippen molar-refractivity contribution in [2.75, 3.05) is 6.26 Å². The van der Waals surface area contributed by atoms with Gasteiger partial charge in [0.25, 0.3) is 0 Å².